The number of carbonyl (C=O) groups is 1. The lowest BCUT2D eigenvalue weighted by Crippen LogP contribution is -2.45. The molecule has 2 rings (SSSR count). The van der Waals surface area contributed by atoms with Crippen molar-refractivity contribution in [2.75, 3.05) is 20.2 Å². The standard InChI is InChI=1S/C19H27F3N4O2/c1-23-18(25-12-17(27)26-15-5-3-2-4-6-15)24-11-14-7-9-16(10-8-14)28-13-19(20,21)22/h7-10,15H,2-6,11-13H2,1H3,(H,26,27)(H2,23,24,25). The summed E-state index contributed by atoms with van der Waals surface area (Å²) in [6.45, 7) is -0.784. The number of guanidine groups is 1. The normalized spacial score (nSPS) is 15.8. The van der Waals surface area contributed by atoms with Crippen molar-refractivity contribution in [3.63, 3.8) is 0 Å². The number of carbonyl (C=O) groups excluding carboxylic acids is 1. The molecule has 1 aliphatic rings. The summed E-state index contributed by atoms with van der Waals surface area (Å²) < 4.78 is 41.1. The van der Waals surface area contributed by atoms with E-state index >= 15 is 0 Å². The van der Waals surface area contributed by atoms with E-state index in [2.05, 4.69) is 25.7 Å². The molecule has 0 aromatic heterocycles. The molecule has 0 heterocycles. The molecule has 1 aromatic rings. The van der Waals surface area contributed by atoms with Crippen LogP contribution in [-0.4, -0.2) is 44.3 Å². The van der Waals surface area contributed by atoms with E-state index in [4.69, 9.17) is 0 Å². The third-order valence-electron chi connectivity index (χ3n) is 4.40. The number of nitrogens with one attached hydrogen (secondary N) is 3. The van der Waals surface area contributed by atoms with E-state index < -0.39 is 12.8 Å². The van der Waals surface area contributed by atoms with Crippen LogP contribution in [0.2, 0.25) is 0 Å². The zero-order chi connectivity index (χ0) is 20.4. The fourth-order valence-corrected chi connectivity index (χ4v) is 2.96. The molecule has 156 valence electrons. The summed E-state index contributed by atoms with van der Waals surface area (Å²) in [5, 5.41) is 9.04. The molecular formula is C19H27F3N4O2. The van der Waals surface area contributed by atoms with Gasteiger partial charge in [-0.15, -0.1) is 0 Å². The number of benzene rings is 1. The first-order chi connectivity index (χ1) is 13.4. The number of amides is 1. The number of rotatable bonds is 7. The number of hydrogen-bond acceptors (Lipinski definition) is 3. The molecule has 1 fully saturated rings. The molecule has 0 atom stereocenters. The van der Waals surface area contributed by atoms with E-state index in [-0.39, 0.29) is 24.2 Å². The van der Waals surface area contributed by atoms with E-state index in [1.165, 1.54) is 18.6 Å². The van der Waals surface area contributed by atoms with Crippen molar-refractivity contribution < 1.29 is 22.7 Å². The lowest BCUT2D eigenvalue weighted by Gasteiger charge is -2.23. The van der Waals surface area contributed by atoms with E-state index in [9.17, 15) is 18.0 Å². The molecular weight excluding hydrogens is 373 g/mol. The molecule has 0 bridgehead atoms. The van der Waals surface area contributed by atoms with Gasteiger partial charge in [-0.25, -0.2) is 0 Å². The Labute approximate surface area is 162 Å². The van der Waals surface area contributed by atoms with Gasteiger partial charge in [-0.1, -0.05) is 31.4 Å². The predicted molar refractivity (Wildman–Crippen MR) is 101 cm³/mol. The van der Waals surface area contributed by atoms with Gasteiger partial charge in [-0.05, 0) is 30.5 Å². The minimum absolute atomic E-state index is 0.0685. The largest absolute Gasteiger partial charge is 0.484 e. The summed E-state index contributed by atoms with van der Waals surface area (Å²) in [5.41, 5.74) is 0.842. The van der Waals surface area contributed by atoms with Crippen LogP contribution in [0.3, 0.4) is 0 Å². The smallest absolute Gasteiger partial charge is 0.422 e. The van der Waals surface area contributed by atoms with Crippen LogP contribution in [0.15, 0.2) is 29.3 Å². The highest BCUT2D eigenvalue weighted by Crippen LogP contribution is 2.19. The Hall–Kier alpha value is -2.45. The Morgan fingerprint density at radius 1 is 1.14 bits per heavy atom. The zero-order valence-electron chi connectivity index (χ0n) is 15.9. The summed E-state index contributed by atoms with van der Waals surface area (Å²) in [6.07, 6.45) is 1.24. The van der Waals surface area contributed by atoms with E-state index in [1.54, 1.807) is 19.2 Å². The quantitative estimate of drug-likeness (QED) is 0.486. The van der Waals surface area contributed by atoms with Crippen molar-refractivity contribution in [2.24, 2.45) is 4.99 Å². The predicted octanol–water partition coefficient (Wildman–Crippen LogP) is 2.74. The molecule has 0 saturated heterocycles. The average molecular weight is 400 g/mol. The number of ether oxygens (including phenoxy) is 1. The van der Waals surface area contributed by atoms with Crippen molar-refractivity contribution in [2.45, 2.75) is 50.9 Å². The second kappa shape index (κ2) is 10.8. The third kappa shape index (κ3) is 8.49. The molecule has 6 nitrogen and oxygen atoms in total. The molecule has 0 unspecified atom stereocenters. The summed E-state index contributed by atoms with van der Waals surface area (Å²) in [6, 6.07) is 6.56. The van der Waals surface area contributed by atoms with Crippen LogP contribution in [0, 0.1) is 0 Å². The summed E-state index contributed by atoms with van der Waals surface area (Å²) in [7, 11) is 1.60. The van der Waals surface area contributed by atoms with E-state index in [0.29, 0.717) is 12.5 Å². The van der Waals surface area contributed by atoms with Crippen LogP contribution in [0.1, 0.15) is 37.7 Å². The molecule has 3 N–H and O–H groups in total. The Morgan fingerprint density at radius 2 is 1.82 bits per heavy atom. The molecule has 1 aromatic carbocycles. The first kappa shape index (κ1) is 21.8. The zero-order valence-corrected chi connectivity index (χ0v) is 15.9. The molecule has 1 saturated carbocycles. The Morgan fingerprint density at radius 3 is 2.43 bits per heavy atom. The first-order valence-corrected chi connectivity index (χ1v) is 9.38. The topological polar surface area (TPSA) is 74.8 Å². The van der Waals surface area contributed by atoms with Crippen LogP contribution in [0.4, 0.5) is 13.2 Å². The lowest BCUT2D eigenvalue weighted by molar-refractivity contribution is -0.153. The van der Waals surface area contributed by atoms with Gasteiger partial charge in [0.2, 0.25) is 5.91 Å². The number of hydrogen-bond donors (Lipinski definition) is 3. The monoisotopic (exact) mass is 400 g/mol. The third-order valence-corrected chi connectivity index (χ3v) is 4.40. The van der Waals surface area contributed by atoms with Crippen molar-refractivity contribution in [3.8, 4) is 5.75 Å². The summed E-state index contributed by atoms with van der Waals surface area (Å²) in [4.78, 5) is 16.1. The molecule has 28 heavy (non-hydrogen) atoms. The van der Waals surface area contributed by atoms with Crippen LogP contribution < -0.4 is 20.7 Å². The number of halogens is 3. The molecule has 9 heteroatoms. The van der Waals surface area contributed by atoms with Crippen molar-refractivity contribution in [1.29, 1.82) is 0 Å². The van der Waals surface area contributed by atoms with Crippen molar-refractivity contribution in [1.82, 2.24) is 16.0 Å². The molecule has 1 amide bonds. The summed E-state index contributed by atoms with van der Waals surface area (Å²) in [5.74, 6) is 0.556. The van der Waals surface area contributed by atoms with Gasteiger partial charge in [-0.3, -0.25) is 9.79 Å². The van der Waals surface area contributed by atoms with Crippen molar-refractivity contribution >= 4 is 11.9 Å². The van der Waals surface area contributed by atoms with Crippen LogP contribution in [-0.2, 0) is 11.3 Å². The highest BCUT2D eigenvalue weighted by molar-refractivity contribution is 5.86. The maximum Gasteiger partial charge on any atom is 0.422 e. The molecule has 0 spiro atoms. The average Bonchev–Trinajstić information content (AvgIpc) is 2.67. The highest BCUT2D eigenvalue weighted by atomic mass is 19.4. The Kier molecular flexibility index (Phi) is 8.41. The summed E-state index contributed by atoms with van der Waals surface area (Å²) >= 11 is 0. The van der Waals surface area contributed by atoms with E-state index in [1.807, 2.05) is 0 Å². The maximum atomic E-state index is 12.1. The van der Waals surface area contributed by atoms with Gasteiger partial charge in [0.15, 0.2) is 12.6 Å². The fraction of sp³-hybridized carbons (Fsp3) is 0.579. The van der Waals surface area contributed by atoms with Crippen LogP contribution in [0.25, 0.3) is 0 Å². The van der Waals surface area contributed by atoms with Gasteiger partial charge in [-0.2, -0.15) is 13.2 Å². The molecule has 1 aliphatic carbocycles. The van der Waals surface area contributed by atoms with Gasteiger partial charge in [0.05, 0.1) is 6.54 Å². The van der Waals surface area contributed by atoms with Gasteiger partial charge in [0, 0.05) is 19.6 Å². The lowest BCUT2D eigenvalue weighted by atomic mass is 9.95. The van der Waals surface area contributed by atoms with Gasteiger partial charge < -0.3 is 20.7 Å². The van der Waals surface area contributed by atoms with Gasteiger partial charge in [0.25, 0.3) is 0 Å². The second-order valence-electron chi connectivity index (χ2n) is 6.73. The fourth-order valence-electron chi connectivity index (χ4n) is 2.96. The maximum absolute atomic E-state index is 12.1. The minimum atomic E-state index is -4.36. The molecule has 0 aliphatic heterocycles. The first-order valence-electron chi connectivity index (χ1n) is 9.38. The van der Waals surface area contributed by atoms with Crippen LogP contribution >= 0.6 is 0 Å². The number of alkyl halides is 3. The second-order valence-corrected chi connectivity index (χ2v) is 6.73. The Bertz CT molecular complexity index is 642. The van der Waals surface area contributed by atoms with Gasteiger partial charge >= 0.3 is 6.18 Å². The highest BCUT2D eigenvalue weighted by Gasteiger charge is 2.28. The van der Waals surface area contributed by atoms with Gasteiger partial charge in [0.1, 0.15) is 5.75 Å². The van der Waals surface area contributed by atoms with E-state index in [0.717, 1.165) is 31.2 Å². The molecule has 0 radical (unpaired) electrons. The van der Waals surface area contributed by atoms with Crippen LogP contribution in [0.5, 0.6) is 5.75 Å². The van der Waals surface area contributed by atoms with Crippen molar-refractivity contribution in [3.05, 3.63) is 29.8 Å². The minimum Gasteiger partial charge on any atom is -0.484 e. The Balaban J connectivity index is 1.70. The number of aliphatic imine (C=N–C) groups is 1. The number of nitrogens with zero attached hydrogens (tertiary/aromatic N) is 1. The SMILES string of the molecule is CN=C(NCC(=O)NC1CCCCC1)NCc1ccc(OCC(F)(F)F)cc1.